The first-order valence-corrected chi connectivity index (χ1v) is 11.6. The van der Waals surface area contributed by atoms with E-state index >= 15 is 0 Å². The van der Waals surface area contributed by atoms with Gasteiger partial charge >= 0.3 is 0 Å². The van der Waals surface area contributed by atoms with Crippen LogP contribution in [0.4, 0.5) is 5.69 Å². The van der Waals surface area contributed by atoms with E-state index < -0.39 is 10.0 Å². The van der Waals surface area contributed by atoms with Crippen LogP contribution >= 0.6 is 11.6 Å². The molecule has 0 unspecified atom stereocenters. The Kier molecular flexibility index (Phi) is 8.68. The average Bonchev–Trinajstić information content (AvgIpc) is 2.69. The van der Waals surface area contributed by atoms with Crippen LogP contribution in [0.1, 0.15) is 30.1 Å². The molecule has 0 aliphatic rings. The molecule has 2 aromatic rings. The fourth-order valence-corrected chi connectivity index (χ4v) is 3.90. The van der Waals surface area contributed by atoms with Gasteiger partial charge in [0.15, 0.2) is 5.78 Å². The van der Waals surface area contributed by atoms with Gasteiger partial charge in [-0.1, -0.05) is 35.9 Å². The van der Waals surface area contributed by atoms with Crippen molar-refractivity contribution in [2.45, 2.75) is 19.8 Å². The molecular weight excluding hydrogens is 428 g/mol. The number of anilines is 1. The molecule has 0 atom stereocenters. The summed E-state index contributed by atoms with van der Waals surface area (Å²) in [4.78, 5) is 23.6. The zero-order chi connectivity index (χ0) is 22.1. The molecule has 7 nitrogen and oxygen atoms in total. The molecule has 0 bridgehead atoms. The summed E-state index contributed by atoms with van der Waals surface area (Å²) >= 11 is 5.99. The molecule has 0 aromatic heterocycles. The Morgan fingerprint density at radius 1 is 1.13 bits per heavy atom. The van der Waals surface area contributed by atoms with Crippen LogP contribution < -0.4 is 14.4 Å². The van der Waals surface area contributed by atoms with Gasteiger partial charge in [0.05, 0.1) is 23.5 Å². The molecule has 0 heterocycles. The van der Waals surface area contributed by atoms with Crippen LogP contribution in [0.2, 0.25) is 5.02 Å². The Balaban J connectivity index is 1.82. The fraction of sp³-hybridized carbons (Fsp3) is 0.333. The van der Waals surface area contributed by atoms with Gasteiger partial charge in [-0.2, -0.15) is 0 Å². The van der Waals surface area contributed by atoms with E-state index in [0.717, 1.165) is 6.26 Å². The Morgan fingerprint density at radius 3 is 2.53 bits per heavy atom. The van der Waals surface area contributed by atoms with Crippen molar-refractivity contribution in [3.05, 3.63) is 59.1 Å². The summed E-state index contributed by atoms with van der Waals surface area (Å²) in [5.41, 5.74) is 0.830. The number of para-hydroxylation sites is 1. The number of hydrogen-bond acceptors (Lipinski definition) is 5. The second kappa shape index (κ2) is 11.0. The van der Waals surface area contributed by atoms with Crippen LogP contribution in [0.5, 0.6) is 5.75 Å². The summed E-state index contributed by atoms with van der Waals surface area (Å²) < 4.78 is 31.1. The number of carbonyl (C=O) groups is 2. The lowest BCUT2D eigenvalue weighted by Crippen LogP contribution is -2.33. The summed E-state index contributed by atoms with van der Waals surface area (Å²) in [7, 11) is -3.56. The molecule has 1 N–H and O–H groups in total. The van der Waals surface area contributed by atoms with Gasteiger partial charge in [0.1, 0.15) is 12.4 Å². The molecule has 0 radical (unpaired) electrons. The number of carbonyl (C=O) groups excluding carboxylic acids is 2. The number of benzene rings is 2. The quantitative estimate of drug-likeness (QED) is 0.417. The number of amides is 1. The molecule has 0 aliphatic carbocycles. The van der Waals surface area contributed by atoms with Crippen LogP contribution in [0.15, 0.2) is 48.5 Å². The summed E-state index contributed by atoms with van der Waals surface area (Å²) in [6.07, 6.45) is 1.58. The molecule has 0 aliphatic heterocycles. The maximum Gasteiger partial charge on any atom is 0.232 e. The highest BCUT2D eigenvalue weighted by Crippen LogP contribution is 2.23. The monoisotopic (exact) mass is 452 g/mol. The number of nitrogens with zero attached hydrogens (tertiary/aromatic N) is 1. The Labute approximate surface area is 182 Å². The normalized spacial score (nSPS) is 11.0. The number of ketones is 1. The van der Waals surface area contributed by atoms with Crippen LogP contribution in [-0.2, 0) is 14.8 Å². The second-order valence-corrected chi connectivity index (χ2v) is 8.99. The SMILES string of the molecule is CC(=O)c1cccc(N(CCCC(=O)NCCOc2ccccc2Cl)S(C)(=O)=O)c1. The van der Waals surface area contributed by atoms with Gasteiger partial charge in [0.25, 0.3) is 0 Å². The van der Waals surface area contributed by atoms with Crippen LogP contribution in [-0.4, -0.2) is 46.1 Å². The van der Waals surface area contributed by atoms with Crippen molar-refractivity contribution in [1.82, 2.24) is 5.32 Å². The van der Waals surface area contributed by atoms with Crippen molar-refractivity contribution in [2.24, 2.45) is 0 Å². The lowest BCUT2D eigenvalue weighted by Gasteiger charge is -2.22. The van der Waals surface area contributed by atoms with Crippen molar-refractivity contribution < 1.29 is 22.7 Å². The van der Waals surface area contributed by atoms with Crippen molar-refractivity contribution in [3.63, 3.8) is 0 Å². The van der Waals surface area contributed by atoms with Crippen molar-refractivity contribution in [3.8, 4) is 5.75 Å². The number of sulfonamides is 1. The van der Waals surface area contributed by atoms with E-state index in [4.69, 9.17) is 16.3 Å². The van der Waals surface area contributed by atoms with Gasteiger partial charge in [-0.25, -0.2) is 8.42 Å². The highest BCUT2D eigenvalue weighted by Gasteiger charge is 2.18. The van der Waals surface area contributed by atoms with Gasteiger partial charge in [-0.3, -0.25) is 13.9 Å². The van der Waals surface area contributed by atoms with Gasteiger partial charge in [-0.15, -0.1) is 0 Å². The van der Waals surface area contributed by atoms with E-state index in [1.54, 1.807) is 42.5 Å². The molecule has 0 saturated carbocycles. The number of nitrogens with one attached hydrogen (secondary N) is 1. The molecule has 0 spiro atoms. The summed E-state index contributed by atoms with van der Waals surface area (Å²) in [5, 5.41) is 3.23. The minimum Gasteiger partial charge on any atom is -0.490 e. The largest absolute Gasteiger partial charge is 0.490 e. The second-order valence-electron chi connectivity index (χ2n) is 6.67. The number of hydrogen-bond donors (Lipinski definition) is 1. The molecule has 9 heteroatoms. The van der Waals surface area contributed by atoms with E-state index in [-0.39, 0.29) is 31.3 Å². The third-order valence-electron chi connectivity index (χ3n) is 4.22. The van der Waals surface area contributed by atoms with Gasteiger partial charge < -0.3 is 10.1 Å². The third kappa shape index (κ3) is 7.35. The minimum atomic E-state index is -3.56. The smallest absolute Gasteiger partial charge is 0.232 e. The molecule has 2 aromatic carbocycles. The van der Waals surface area contributed by atoms with E-state index in [0.29, 0.717) is 35.0 Å². The summed E-state index contributed by atoms with van der Waals surface area (Å²) in [5.74, 6) is 0.192. The van der Waals surface area contributed by atoms with Crippen molar-refractivity contribution in [1.29, 1.82) is 0 Å². The Hall–Kier alpha value is -2.58. The van der Waals surface area contributed by atoms with Crippen molar-refractivity contribution >= 4 is 39.0 Å². The molecule has 0 fully saturated rings. The zero-order valence-electron chi connectivity index (χ0n) is 16.9. The summed E-state index contributed by atoms with van der Waals surface area (Å²) in [6.45, 7) is 2.12. The minimum absolute atomic E-state index is 0.129. The molecule has 2 rings (SSSR count). The zero-order valence-corrected chi connectivity index (χ0v) is 18.5. The first kappa shape index (κ1) is 23.7. The number of halogens is 1. The molecule has 0 saturated heterocycles. The molecule has 30 heavy (non-hydrogen) atoms. The first-order valence-electron chi connectivity index (χ1n) is 9.41. The molecular formula is C21H25ClN2O5S. The third-order valence-corrected chi connectivity index (χ3v) is 5.73. The van der Waals surface area contributed by atoms with Crippen LogP contribution in [0.3, 0.4) is 0 Å². The van der Waals surface area contributed by atoms with E-state index in [1.165, 1.54) is 17.3 Å². The molecule has 162 valence electrons. The van der Waals surface area contributed by atoms with E-state index in [1.807, 2.05) is 0 Å². The standard InChI is InChI=1S/C21H25ClN2O5S/c1-16(25)17-7-5-8-18(15-17)24(30(2,27)28)13-6-11-21(26)23-12-14-29-20-10-4-3-9-19(20)22/h3-5,7-10,15H,6,11-14H2,1-2H3,(H,23,26). The van der Waals surface area contributed by atoms with E-state index in [9.17, 15) is 18.0 Å². The average molecular weight is 453 g/mol. The lowest BCUT2D eigenvalue weighted by atomic mass is 10.1. The van der Waals surface area contributed by atoms with E-state index in [2.05, 4.69) is 5.32 Å². The molecule has 1 amide bonds. The predicted molar refractivity (Wildman–Crippen MR) is 118 cm³/mol. The summed E-state index contributed by atoms with van der Waals surface area (Å²) in [6, 6.07) is 13.5. The fourth-order valence-electron chi connectivity index (χ4n) is 2.75. The van der Waals surface area contributed by atoms with Crippen LogP contribution in [0.25, 0.3) is 0 Å². The topological polar surface area (TPSA) is 92.8 Å². The van der Waals surface area contributed by atoms with Gasteiger partial charge in [0, 0.05) is 18.5 Å². The maximum atomic E-state index is 12.2. The highest BCUT2D eigenvalue weighted by atomic mass is 35.5. The number of ether oxygens (including phenoxy) is 1. The number of Topliss-reactive ketones (excluding diaryl/α,β-unsaturated/α-hetero) is 1. The first-order chi connectivity index (χ1) is 14.2. The lowest BCUT2D eigenvalue weighted by molar-refractivity contribution is -0.121. The highest BCUT2D eigenvalue weighted by molar-refractivity contribution is 7.92. The van der Waals surface area contributed by atoms with Gasteiger partial charge in [-0.05, 0) is 37.6 Å². The predicted octanol–water partition coefficient (Wildman–Crippen LogP) is 3.28. The number of rotatable bonds is 11. The Morgan fingerprint density at radius 2 is 1.87 bits per heavy atom. The van der Waals surface area contributed by atoms with Crippen LogP contribution in [0, 0.1) is 0 Å². The Bertz CT molecular complexity index is 994. The van der Waals surface area contributed by atoms with Gasteiger partial charge in [0.2, 0.25) is 15.9 Å². The van der Waals surface area contributed by atoms with Crippen molar-refractivity contribution in [2.75, 3.05) is 30.3 Å². The maximum absolute atomic E-state index is 12.2.